The van der Waals surface area contributed by atoms with Crippen LogP contribution in [-0.2, 0) is 30.2 Å². The molecule has 1 aliphatic rings. The highest BCUT2D eigenvalue weighted by Crippen LogP contribution is 2.35. The van der Waals surface area contributed by atoms with Gasteiger partial charge in [0, 0.05) is 29.0 Å². The number of para-hydroxylation sites is 1. The minimum Gasteiger partial charge on any atom is -0.481 e. The van der Waals surface area contributed by atoms with E-state index < -0.39 is 17.7 Å². The second kappa shape index (κ2) is 7.68. The SMILES string of the molecule is Cc1nc(-c2ccc(C(F)(F)F)cc2)sc1CC1=Nc2c(CC(=O)O)cccc2C1. The Bertz CT molecular complexity index is 1150. The molecule has 0 bridgehead atoms. The van der Waals surface area contributed by atoms with Crippen molar-refractivity contribution in [3.05, 3.63) is 69.7 Å². The van der Waals surface area contributed by atoms with Gasteiger partial charge in [0.05, 0.1) is 23.4 Å². The maximum absolute atomic E-state index is 12.8. The summed E-state index contributed by atoms with van der Waals surface area (Å²) in [5.41, 5.74) is 4.14. The van der Waals surface area contributed by atoms with E-state index in [1.165, 1.54) is 23.5 Å². The predicted molar refractivity (Wildman–Crippen MR) is 110 cm³/mol. The third-order valence-corrected chi connectivity index (χ3v) is 6.13. The Labute approximate surface area is 174 Å². The van der Waals surface area contributed by atoms with Crippen LogP contribution < -0.4 is 0 Å². The number of rotatable bonds is 5. The summed E-state index contributed by atoms with van der Waals surface area (Å²) in [6.45, 7) is 1.87. The molecular weight excluding hydrogens is 413 g/mol. The molecule has 8 heteroatoms. The summed E-state index contributed by atoms with van der Waals surface area (Å²) >= 11 is 1.44. The van der Waals surface area contributed by atoms with Gasteiger partial charge < -0.3 is 5.11 Å². The number of aliphatic imine (C=N–C) groups is 1. The lowest BCUT2D eigenvalue weighted by atomic mass is 10.0. The molecule has 3 aromatic rings. The number of nitrogens with zero attached hydrogens (tertiary/aromatic N) is 2. The third kappa shape index (κ3) is 4.14. The van der Waals surface area contributed by atoms with Crippen molar-refractivity contribution in [2.45, 2.75) is 32.4 Å². The number of carboxylic acids is 1. The molecule has 2 heterocycles. The van der Waals surface area contributed by atoms with Gasteiger partial charge in [0.1, 0.15) is 5.01 Å². The molecule has 1 aromatic heterocycles. The zero-order chi connectivity index (χ0) is 21.5. The van der Waals surface area contributed by atoms with Crippen LogP contribution in [0.25, 0.3) is 10.6 Å². The fraction of sp³-hybridized carbons (Fsp3) is 0.227. The Hall–Kier alpha value is -3.00. The van der Waals surface area contributed by atoms with Gasteiger partial charge in [0.25, 0.3) is 0 Å². The van der Waals surface area contributed by atoms with E-state index >= 15 is 0 Å². The summed E-state index contributed by atoms with van der Waals surface area (Å²) in [5.74, 6) is -0.897. The number of aliphatic carboxylic acids is 1. The minimum atomic E-state index is -4.36. The van der Waals surface area contributed by atoms with Crippen molar-refractivity contribution in [2.24, 2.45) is 4.99 Å². The van der Waals surface area contributed by atoms with Crippen molar-refractivity contribution in [1.82, 2.24) is 4.98 Å². The number of alkyl halides is 3. The Morgan fingerprint density at radius 3 is 2.57 bits per heavy atom. The van der Waals surface area contributed by atoms with Gasteiger partial charge in [-0.1, -0.05) is 30.3 Å². The molecule has 0 amide bonds. The van der Waals surface area contributed by atoms with Gasteiger partial charge in [-0.05, 0) is 30.2 Å². The van der Waals surface area contributed by atoms with E-state index in [0.29, 0.717) is 29.0 Å². The normalized spacial score (nSPS) is 13.3. The Kier molecular flexibility index (Phi) is 5.19. The molecule has 0 saturated carbocycles. The summed E-state index contributed by atoms with van der Waals surface area (Å²) in [6, 6.07) is 10.6. The molecule has 1 N–H and O–H groups in total. The molecule has 1 aliphatic heterocycles. The van der Waals surface area contributed by atoms with Crippen LogP contribution in [0.4, 0.5) is 18.9 Å². The van der Waals surface area contributed by atoms with Gasteiger partial charge >= 0.3 is 12.1 Å². The van der Waals surface area contributed by atoms with Gasteiger partial charge in [-0.25, -0.2) is 4.98 Å². The quantitative estimate of drug-likeness (QED) is 0.570. The third-order valence-electron chi connectivity index (χ3n) is 4.93. The zero-order valence-corrected chi connectivity index (χ0v) is 16.8. The van der Waals surface area contributed by atoms with Crippen molar-refractivity contribution < 1.29 is 23.1 Å². The van der Waals surface area contributed by atoms with Crippen LogP contribution in [0.3, 0.4) is 0 Å². The number of fused-ring (bicyclic) bond motifs is 1. The molecule has 0 spiro atoms. The maximum Gasteiger partial charge on any atom is 0.416 e. The number of carboxylic acid groups (broad SMARTS) is 1. The first kappa shape index (κ1) is 20.3. The molecule has 0 fully saturated rings. The number of benzene rings is 2. The molecule has 4 nitrogen and oxygen atoms in total. The van der Waals surface area contributed by atoms with Crippen LogP contribution >= 0.6 is 11.3 Å². The lowest BCUT2D eigenvalue weighted by Crippen LogP contribution is -2.03. The number of aryl methyl sites for hydroxylation is 1. The van der Waals surface area contributed by atoms with E-state index in [-0.39, 0.29) is 6.42 Å². The molecule has 154 valence electrons. The average Bonchev–Trinajstić information content (AvgIpc) is 3.25. The first-order valence-corrected chi connectivity index (χ1v) is 10.1. The Morgan fingerprint density at radius 1 is 1.17 bits per heavy atom. The van der Waals surface area contributed by atoms with E-state index in [4.69, 9.17) is 5.11 Å². The number of hydrogen-bond donors (Lipinski definition) is 1. The monoisotopic (exact) mass is 430 g/mol. The lowest BCUT2D eigenvalue weighted by molar-refractivity contribution is -0.138. The van der Waals surface area contributed by atoms with Crippen molar-refractivity contribution in [3.8, 4) is 10.6 Å². The smallest absolute Gasteiger partial charge is 0.416 e. The van der Waals surface area contributed by atoms with Gasteiger partial charge in [-0.2, -0.15) is 13.2 Å². The van der Waals surface area contributed by atoms with Crippen LogP contribution in [0.5, 0.6) is 0 Å². The number of thiazole rings is 1. The van der Waals surface area contributed by atoms with Gasteiger partial charge in [0.15, 0.2) is 0 Å². The summed E-state index contributed by atoms with van der Waals surface area (Å²) in [5, 5.41) is 9.76. The zero-order valence-electron chi connectivity index (χ0n) is 16.0. The van der Waals surface area contributed by atoms with Gasteiger partial charge in [-0.3, -0.25) is 9.79 Å². The largest absolute Gasteiger partial charge is 0.481 e. The Balaban J connectivity index is 1.55. The topological polar surface area (TPSA) is 62.5 Å². The molecule has 0 radical (unpaired) electrons. The fourth-order valence-corrected chi connectivity index (χ4v) is 4.56. The van der Waals surface area contributed by atoms with Crippen molar-refractivity contribution in [1.29, 1.82) is 0 Å². The maximum atomic E-state index is 12.8. The van der Waals surface area contributed by atoms with Crippen molar-refractivity contribution >= 4 is 28.7 Å². The first-order chi connectivity index (χ1) is 14.2. The molecule has 2 aromatic carbocycles. The summed E-state index contributed by atoms with van der Waals surface area (Å²) < 4.78 is 38.3. The van der Waals surface area contributed by atoms with E-state index in [1.807, 2.05) is 19.1 Å². The van der Waals surface area contributed by atoms with E-state index in [9.17, 15) is 18.0 Å². The molecule has 0 saturated heterocycles. The summed E-state index contributed by atoms with van der Waals surface area (Å²) in [7, 11) is 0. The molecule has 0 unspecified atom stereocenters. The highest BCUT2D eigenvalue weighted by molar-refractivity contribution is 7.15. The van der Waals surface area contributed by atoms with Crippen molar-refractivity contribution in [2.75, 3.05) is 0 Å². The first-order valence-electron chi connectivity index (χ1n) is 9.23. The van der Waals surface area contributed by atoms with Gasteiger partial charge in [-0.15, -0.1) is 11.3 Å². The average molecular weight is 430 g/mol. The number of hydrogen-bond acceptors (Lipinski definition) is 4. The van der Waals surface area contributed by atoms with Crippen LogP contribution in [-0.4, -0.2) is 21.8 Å². The summed E-state index contributed by atoms with van der Waals surface area (Å²) in [4.78, 5) is 21.3. The summed E-state index contributed by atoms with van der Waals surface area (Å²) in [6.07, 6.45) is -3.21. The van der Waals surface area contributed by atoms with Crippen LogP contribution in [0.15, 0.2) is 47.5 Å². The molecule has 0 aliphatic carbocycles. The second-order valence-corrected chi connectivity index (χ2v) is 8.21. The number of halogens is 3. The number of carbonyl (C=O) groups is 1. The minimum absolute atomic E-state index is 0.0718. The molecule has 30 heavy (non-hydrogen) atoms. The highest BCUT2D eigenvalue weighted by Gasteiger charge is 2.30. The predicted octanol–water partition coefficient (Wildman–Crippen LogP) is 5.64. The van der Waals surface area contributed by atoms with Crippen molar-refractivity contribution in [3.63, 3.8) is 0 Å². The highest BCUT2D eigenvalue weighted by atomic mass is 32.1. The number of aromatic nitrogens is 1. The van der Waals surface area contributed by atoms with E-state index in [1.54, 1.807) is 6.07 Å². The van der Waals surface area contributed by atoms with E-state index in [2.05, 4.69) is 9.98 Å². The second-order valence-electron chi connectivity index (χ2n) is 7.13. The van der Waals surface area contributed by atoms with E-state index in [0.717, 1.165) is 39.7 Å². The standard InChI is InChI=1S/C22H17F3N2O2S/c1-12-18(30-21(26-12)13-5-7-16(8-6-13)22(23,24)25)11-17-9-14-3-2-4-15(10-19(28)29)20(14)27-17/h2-8H,9-11H2,1H3,(H,28,29). The molecule has 4 rings (SSSR count). The fourth-order valence-electron chi connectivity index (χ4n) is 3.46. The Morgan fingerprint density at radius 2 is 1.90 bits per heavy atom. The van der Waals surface area contributed by atoms with Crippen LogP contribution in [0, 0.1) is 6.92 Å². The van der Waals surface area contributed by atoms with Crippen LogP contribution in [0.1, 0.15) is 27.3 Å². The van der Waals surface area contributed by atoms with Gasteiger partial charge in [0.2, 0.25) is 0 Å². The molecule has 0 atom stereocenters. The molecular formula is C22H17F3N2O2S. The lowest BCUT2D eigenvalue weighted by Gasteiger charge is -2.06. The van der Waals surface area contributed by atoms with Crippen LogP contribution in [0.2, 0.25) is 0 Å².